The first-order valence-corrected chi connectivity index (χ1v) is 7.84. The van der Waals surface area contributed by atoms with Gasteiger partial charge in [-0.25, -0.2) is 0 Å². The predicted octanol–water partition coefficient (Wildman–Crippen LogP) is 3.27. The Balaban J connectivity index is 1.45. The normalized spacial score (nSPS) is 16.2. The Bertz CT molecular complexity index is 375. The van der Waals surface area contributed by atoms with Gasteiger partial charge in [0.1, 0.15) is 5.75 Å². The van der Waals surface area contributed by atoms with Gasteiger partial charge in [0.15, 0.2) is 0 Å². The number of nitrogens with zero attached hydrogens (tertiary/aromatic N) is 1. The molecule has 1 aromatic rings. The van der Waals surface area contributed by atoms with Gasteiger partial charge in [0.05, 0.1) is 19.8 Å². The van der Waals surface area contributed by atoms with Crippen molar-refractivity contribution in [2.45, 2.75) is 32.6 Å². The maximum Gasteiger partial charge on any atom is 0.119 e. The standard InChI is InChI=1S/C17H27NO2/c1-16-7-6-8-17(15-16)20-12-5-3-2-4-9-18-10-13-19-14-11-18/h6-8,15H,2-5,9-14H2,1H3. The van der Waals surface area contributed by atoms with Crippen molar-refractivity contribution >= 4 is 0 Å². The summed E-state index contributed by atoms with van der Waals surface area (Å²) < 4.78 is 11.1. The van der Waals surface area contributed by atoms with Gasteiger partial charge in [0, 0.05) is 13.1 Å². The van der Waals surface area contributed by atoms with Crippen LogP contribution in [-0.4, -0.2) is 44.4 Å². The Morgan fingerprint density at radius 3 is 2.70 bits per heavy atom. The minimum atomic E-state index is 0.834. The average Bonchev–Trinajstić information content (AvgIpc) is 2.47. The molecular weight excluding hydrogens is 250 g/mol. The summed E-state index contributed by atoms with van der Waals surface area (Å²) in [6.45, 7) is 8.18. The number of unbranched alkanes of at least 4 members (excludes halogenated alkanes) is 3. The molecule has 0 bridgehead atoms. The van der Waals surface area contributed by atoms with Crippen LogP contribution in [0.15, 0.2) is 24.3 Å². The van der Waals surface area contributed by atoms with Crippen LogP contribution in [0.2, 0.25) is 0 Å². The number of rotatable bonds is 8. The molecule has 1 aliphatic rings. The SMILES string of the molecule is Cc1cccc(OCCCCCCN2CCOCC2)c1. The molecular formula is C17H27NO2. The second kappa shape index (κ2) is 8.98. The Labute approximate surface area is 122 Å². The molecule has 0 spiro atoms. The molecule has 112 valence electrons. The topological polar surface area (TPSA) is 21.7 Å². The zero-order valence-electron chi connectivity index (χ0n) is 12.6. The summed E-state index contributed by atoms with van der Waals surface area (Å²) in [6.07, 6.45) is 5.01. The van der Waals surface area contributed by atoms with E-state index in [1.165, 1.54) is 31.4 Å². The van der Waals surface area contributed by atoms with Crippen molar-refractivity contribution in [3.63, 3.8) is 0 Å². The van der Waals surface area contributed by atoms with Gasteiger partial charge in [-0.15, -0.1) is 0 Å². The van der Waals surface area contributed by atoms with E-state index in [2.05, 4.69) is 24.0 Å². The van der Waals surface area contributed by atoms with Crippen LogP contribution in [0.4, 0.5) is 0 Å². The Morgan fingerprint density at radius 2 is 1.90 bits per heavy atom. The van der Waals surface area contributed by atoms with E-state index < -0.39 is 0 Å². The van der Waals surface area contributed by atoms with Crippen LogP contribution in [0.5, 0.6) is 5.75 Å². The van der Waals surface area contributed by atoms with Crippen LogP contribution < -0.4 is 4.74 Å². The Hall–Kier alpha value is -1.06. The Kier molecular flexibility index (Phi) is 6.89. The summed E-state index contributed by atoms with van der Waals surface area (Å²) in [7, 11) is 0. The first-order valence-electron chi connectivity index (χ1n) is 7.84. The fraction of sp³-hybridized carbons (Fsp3) is 0.647. The fourth-order valence-electron chi connectivity index (χ4n) is 2.51. The lowest BCUT2D eigenvalue weighted by Gasteiger charge is -2.26. The van der Waals surface area contributed by atoms with Crippen LogP contribution >= 0.6 is 0 Å². The molecule has 3 heteroatoms. The molecule has 0 saturated carbocycles. The van der Waals surface area contributed by atoms with E-state index in [9.17, 15) is 0 Å². The second-order valence-electron chi connectivity index (χ2n) is 5.53. The van der Waals surface area contributed by atoms with Gasteiger partial charge in [-0.1, -0.05) is 25.0 Å². The van der Waals surface area contributed by atoms with E-state index in [0.717, 1.165) is 45.1 Å². The smallest absolute Gasteiger partial charge is 0.119 e. The molecule has 0 aromatic heterocycles. The number of morpholine rings is 1. The quantitative estimate of drug-likeness (QED) is 0.681. The number of ether oxygens (including phenoxy) is 2. The zero-order chi connectivity index (χ0) is 14.0. The molecule has 3 nitrogen and oxygen atoms in total. The maximum atomic E-state index is 5.76. The molecule has 1 aliphatic heterocycles. The van der Waals surface area contributed by atoms with Gasteiger partial charge >= 0.3 is 0 Å². The predicted molar refractivity (Wildman–Crippen MR) is 82.4 cm³/mol. The third-order valence-corrected chi connectivity index (χ3v) is 3.73. The van der Waals surface area contributed by atoms with Crippen molar-refractivity contribution in [2.75, 3.05) is 39.5 Å². The van der Waals surface area contributed by atoms with Gasteiger partial charge in [0.2, 0.25) is 0 Å². The highest BCUT2D eigenvalue weighted by molar-refractivity contribution is 5.27. The summed E-state index contributed by atoms with van der Waals surface area (Å²) in [5.74, 6) is 0.998. The van der Waals surface area contributed by atoms with Gasteiger partial charge in [-0.2, -0.15) is 0 Å². The minimum Gasteiger partial charge on any atom is -0.494 e. The van der Waals surface area contributed by atoms with Crippen molar-refractivity contribution in [1.82, 2.24) is 4.90 Å². The zero-order valence-corrected chi connectivity index (χ0v) is 12.6. The molecule has 0 aliphatic carbocycles. The summed E-state index contributed by atoms with van der Waals surface area (Å²) >= 11 is 0. The van der Waals surface area contributed by atoms with Crippen molar-refractivity contribution in [1.29, 1.82) is 0 Å². The van der Waals surface area contributed by atoms with Crippen LogP contribution in [-0.2, 0) is 4.74 Å². The van der Waals surface area contributed by atoms with Crippen LogP contribution in [0, 0.1) is 6.92 Å². The number of benzene rings is 1. The number of hydrogen-bond donors (Lipinski definition) is 0. The monoisotopic (exact) mass is 277 g/mol. The van der Waals surface area contributed by atoms with Gasteiger partial charge < -0.3 is 9.47 Å². The molecule has 0 amide bonds. The van der Waals surface area contributed by atoms with E-state index in [0.29, 0.717) is 0 Å². The number of hydrogen-bond acceptors (Lipinski definition) is 3. The highest BCUT2D eigenvalue weighted by Crippen LogP contribution is 2.13. The van der Waals surface area contributed by atoms with Crippen LogP contribution in [0.25, 0.3) is 0 Å². The van der Waals surface area contributed by atoms with Gasteiger partial charge in [0.25, 0.3) is 0 Å². The molecule has 0 atom stereocenters. The van der Waals surface area contributed by atoms with E-state index in [-0.39, 0.29) is 0 Å². The summed E-state index contributed by atoms with van der Waals surface area (Å²) in [6, 6.07) is 8.27. The molecule has 1 saturated heterocycles. The van der Waals surface area contributed by atoms with Crippen LogP contribution in [0.1, 0.15) is 31.2 Å². The Morgan fingerprint density at radius 1 is 1.10 bits per heavy atom. The highest BCUT2D eigenvalue weighted by atomic mass is 16.5. The molecule has 1 heterocycles. The lowest BCUT2D eigenvalue weighted by Crippen LogP contribution is -2.36. The largest absolute Gasteiger partial charge is 0.494 e. The van der Waals surface area contributed by atoms with Crippen molar-refractivity contribution in [2.24, 2.45) is 0 Å². The van der Waals surface area contributed by atoms with Gasteiger partial charge in [-0.05, 0) is 44.0 Å². The van der Waals surface area contributed by atoms with Gasteiger partial charge in [-0.3, -0.25) is 4.90 Å². The average molecular weight is 277 g/mol. The van der Waals surface area contributed by atoms with E-state index in [4.69, 9.17) is 9.47 Å². The van der Waals surface area contributed by atoms with E-state index in [1.54, 1.807) is 0 Å². The molecule has 1 aromatic carbocycles. The number of aryl methyl sites for hydroxylation is 1. The maximum absolute atomic E-state index is 5.76. The second-order valence-corrected chi connectivity index (χ2v) is 5.53. The third kappa shape index (κ3) is 5.93. The highest BCUT2D eigenvalue weighted by Gasteiger charge is 2.08. The van der Waals surface area contributed by atoms with E-state index >= 15 is 0 Å². The minimum absolute atomic E-state index is 0.834. The van der Waals surface area contributed by atoms with Crippen molar-refractivity contribution in [3.8, 4) is 5.75 Å². The lowest BCUT2D eigenvalue weighted by molar-refractivity contribution is 0.0371. The first-order chi connectivity index (χ1) is 9.84. The van der Waals surface area contributed by atoms with Crippen molar-refractivity contribution in [3.05, 3.63) is 29.8 Å². The summed E-state index contributed by atoms with van der Waals surface area (Å²) in [4.78, 5) is 2.51. The lowest BCUT2D eigenvalue weighted by atomic mass is 10.2. The third-order valence-electron chi connectivity index (χ3n) is 3.73. The molecule has 0 N–H and O–H groups in total. The molecule has 1 fully saturated rings. The summed E-state index contributed by atoms with van der Waals surface area (Å²) in [5.41, 5.74) is 1.26. The molecule has 2 rings (SSSR count). The fourth-order valence-corrected chi connectivity index (χ4v) is 2.51. The van der Waals surface area contributed by atoms with Crippen LogP contribution in [0.3, 0.4) is 0 Å². The van der Waals surface area contributed by atoms with E-state index in [1.807, 2.05) is 12.1 Å². The summed E-state index contributed by atoms with van der Waals surface area (Å²) in [5, 5.41) is 0. The molecule has 0 radical (unpaired) electrons. The van der Waals surface area contributed by atoms with Crippen molar-refractivity contribution < 1.29 is 9.47 Å². The first kappa shape index (κ1) is 15.3. The molecule has 20 heavy (non-hydrogen) atoms. The molecule has 0 unspecified atom stereocenters.